The molecule has 4 aromatic rings. The number of hydrogen-bond acceptors (Lipinski definition) is 6. The summed E-state index contributed by atoms with van der Waals surface area (Å²) in [4.78, 5) is 9.06. The highest BCUT2D eigenvalue weighted by Crippen LogP contribution is 2.25. The van der Waals surface area contributed by atoms with Crippen LogP contribution in [0.5, 0.6) is 0 Å². The van der Waals surface area contributed by atoms with E-state index in [4.69, 9.17) is 4.98 Å². The summed E-state index contributed by atoms with van der Waals surface area (Å²) in [5, 5.41) is 15.1. The quantitative estimate of drug-likeness (QED) is 0.331. The topological polar surface area (TPSA) is 79.2 Å². The first kappa shape index (κ1) is 23.2. The van der Waals surface area contributed by atoms with Crippen LogP contribution in [0.25, 0.3) is 16.9 Å². The van der Waals surface area contributed by atoms with E-state index in [0.717, 1.165) is 53.6 Å². The largest absolute Gasteiger partial charge is 0.370 e. The molecule has 8 heteroatoms. The summed E-state index contributed by atoms with van der Waals surface area (Å²) < 4.78 is 15.9. The van der Waals surface area contributed by atoms with Gasteiger partial charge < -0.3 is 16.0 Å². The standard InChI is InChI=1S/C27H32FN7/c1-18(2)22-17-33-35-25(14-24(34-27(22)35)31-15-20-9-12-29-13-10-20)32-16-19-5-7-21(8-6-19)26-23(28)4-3-11-30-26/h3-8,11,14,17-18,20,29,32H,9-10,12-13,15-16H2,1-2H3,(H,31,34). The maximum atomic E-state index is 14.1. The van der Waals surface area contributed by atoms with Crippen LogP contribution in [0.4, 0.5) is 16.0 Å². The lowest BCUT2D eigenvalue weighted by Gasteiger charge is -2.23. The minimum absolute atomic E-state index is 0.318. The molecule has 0 bridgehead atoms. The summed E-state index contributed by atoms with van der Waals surface area (Å²) in [5.74, 6) is 2.41. The van der Waals surface area contributed by atoms with Gasteiger partial charge in [-0.3, -0.25) is 4.98 Å². The second-order valence-corrected chi connectivity index (χ2v) is 9.48. The highest BCUT2D eigenvalue weighted by Gasteiger charge is 2.16. The van der Waals surface area contributed by atoms with Gasteiger partial charge in [0.2, 0.25) is 0 Å². The number of nitrogens with one attached hydrogen (secondary N) is 3. The first-order chi connectivity index (χ1) is 17.1. The lowest BCUT2D eigenvalue weighted by Crippen LogP contribution is -2.31. The SMILES string of the molecule is CC(C)c1cnn2c(NCc3ccc(-c4ncccc4F)cc3)cc(NCC3CCNCC3)nc12. The van der Waals surface area contributed by atoms with Gasteiger partial charge in [-0.05, 0) is 55.5 Å². The Morgan fingerprint density at radius 1 is 1.11 bits per heavy atom. The van der Waals surface area contributed by atoms with Gasteiger partial charge in [0, 0.05) is 36.5 Å². The second-order valence-electron chi connectivity index (χ2n) is 9.48. The molecule has 7 nitrogen and oxygen atoms in total. The van der Waals surface area contributed by atoms with Crippen LogP contribution in [0.1, 0.15) is 43.7 Å². The van der Waals surface area contributed by atoms with E-state index in [9.17, 15) is 4.39 Å². The van der Waals surface area contributed by atoms with E-state index >= 15 is 0 Å². The van der Waals surface area contributed by atoms with Gasteiger partial charge in [-0.2, -0.15) is 9.61 Å². The first-order valence-electron chi connectivity index (χ1n) is 12.4. The molecule has 1 aromatic carbocycles. The molecule has 5 rings (SSSR count). The Kier molecular flexibility index (Phi) is 6.90. The Labute approximate surface area is 205 Å². The Morgan fingerprint density at radius 2 is 1.91 bits per heavy atom. The summed E-state index contributed by atoms with van der Waals surface area (Å²) in [6.07, 6.45) is 5.88. The fourth-order valence-electron chi connectivity index (χ4n) is 4.51. The molecule has 3 aromatic heterocycles. The van der Waals surface area contributed by atoms with Crippen LogP contribution in [0.2, 0.25) is 0 Å². The molecule has 35 heavy (non-hydrogen) atoms. The molecule has 3 N–H and O–H groups in total. The van der Waals surface area contributed by atoms with Gasteiger partial charge in [0.05, 0.1) is 6.20 Å². The molecule has 182 valence electrons. The monoisotopic (exact) mass is 473 g/mol. The zero-order chi connectivity index (χ0) is 24.2. The molecule has 0 saturated carbocycles. The third-order valence-corrected chi connectivity index (χ3v) is 6.61. The molecule has 0 radical (unpaired) electrons. The van der Waals surface area contributed by atoms with E-state index in [1.807, 2.05) is 41.0 Å². The predicted molar refractivity (Wildman–Crippen MR) is 138 cm³/mol. The normalized spacial score (nSPS) is 14.5. The maximum Gasteiger partial charge on any atom is 0.163 e. The number of anilines is 2. The lowest BCUT2D eigenvalue weighted by atomic mass is 9.98. The molecule has 1 aliphatic rings. The van der Waals surface area contributed by atoms with E-state index in [1.54, 1.807) is 12.3 Å². The van der Waals surface area contributed by atoms with Crippen LogP contribution in [-0.2, 0) is 6.54 Å². The van der Waals surface area contributed by atoms with Crippen molar-refractivity contribution in [2.45, 2.75) is 39.2 Å². The number of benzene rings is 1. The van der Waals surface area contributed by atoms with Crippen molar-refractivity contribution in [2.24, 2.45) is 5.92 Å². The van der Waals surface area contributed by atoms with E-state index in [-0.39, 0.29) is 5.82 Å². The van der Waals surface area contributed by atoms with Crippen molar-refractivity contribution in [3.63, 3.8) is 0 Å². The molecule has 1 aliphatic heterocycles. The van der Waals surface area contributed by atoms with Crippen LogP contribution in [0, 0.1) is 11.7 Å². The highest BCUT2D eigenvalue weighted by molar-refractivity contribution is 5.62. The fraction of sp³-hybridized carbons (Fsp3) is 0.370. The van der Waals surface area contributed by atoms with Crippen molar-refractivity contribution in [3.05, 3.63) is 71.8 Å². The minimum Gasteiger partial charge on any atom is -0.370 e. The molecule has 0 aliphatic carbocycles. The van der Waals surface area contributed by atoms with E-state index in [2.05, 4.69) is 39.9 Å². The van der Waals surface area contributed by atoms with Gasteiger partial charge in [0.15, 0.2) is 5.65 Å². The van der Waals surface area contributed by atoms with Crippen LogP contribution in [-0.4, -0.2) is 39.2 Å². The molecule has 0 spiro atoms. The number of pyridine rings is 1. The van der Waals surface area contributed by atoms with Gasteiger partial charge in [0.1, 0.15) is 23.1 Å². The second kappa shape index (κ2) is 10.4. The number of rotatable bonds is 8. The van der Waals surface area contributed by atoms with Gasteiger partial charge in [-0.15, -0.1) is 0 Å². The average molecular weight is 474 g/mol. The Bertz CT molecular complexity index is 1280. The van der Waals surface area contributed by atoms with Crippen LogP contribution < -0.4 is 16.0 Å². The van der Waals surface area contributed by atoms with E-state index in [0.29, 0.717) is 24.1 Å². The molecule has 0 amide bonds. The highest BCUT2D eigenvalue weighted by atomic mass is 19.1. The molecule has 0 atom stereocenters. The number of halogens is 1. The average Bonchev–Trinajstić information content (AvgIpc) is 3.32. The summed E-state index contributed by atoms with van der Waals surface area (Å²) in [7, 11) is 0. The maximum absolute atomic E-state index is 14.1. The summed E-state index contributed by atoms with van der Waals surface area (Å²) in [5.41, 5.74) is 4.20. The van der Waals surface area contributed by atoms with Crippen LogP contribution >= 0.6 is 0 Å². The van der Waals surface area contributed by atoms with Gasteiger partial charge in [0.25, 0.3) is 0 Å². The molecule has 0 unspecified atom stereocenters. The minimum atomic E-state index is -0.318. The zero-order valence-corrected chi connectivity index (χ0v) is 20.3. The third-order valence-electron chi connectivity index (χ3n) is 6.61. The van der Waals surface area contributed by atoms with Crippen molar-refractivity contribution in [1.82, 2.24) is 24.9 Å². The first-order valence-corrected chi connectivity index (χ1v) is 12.4. The number of nitrogens with zero attached hydrogens (tertiary/aromatic N) is 4. The summed E-state index contributed by atoms with van der Waals surface area (Å²) >= 11 is 0. The third kappa shape index (κ3) is 5.27. The van der Waals surface area contributed by atoms with Crippen molar-refractivity contribution in [1.29, 1.82) is 0 Å². The van der Waals surface area contributed by atoms with Crippen molar-refractivity contribution in [3.8, 4) is 11.3 Å². The van der Waals surface area contributed by atoms with Crippen molar-refractivity contribution >= 4 is 17.3 Å². The van der Waals surface area contributed by atoms with E-state index in [1.165, 1.54) is 18.9 Å². The molecule has 4 heterocycles. The van der Waals surface area contributed by atoms with Gasteiger partial charge in [-0.1, -0.05) is 38.1 Å². The molecular weight excluding hydrogens is 441 g/mol. The van der Waals surface area contributed by atoms with Crippen LogP contribution in [0.3, 0.4) is 0 Å². The number of fused-ring (bicyclic) bond motifs is 1. The van der Waals surface area contributed by atoms with Gasteiger partial charge in [-0.25, -0.2) is 9.37 Å². The predicted octanol–water partition coefficient (Wildman–Crippen LogP) is 5.08. The van der Waals surface area contributed by atoms with Crippen molar-refractivity contribution < 1.29 is 4.39 Å². The molecular formula is C27H32FN7. The molecule has 1 fully saturated rings. The summed E-state index contributed by atoms with van der Waals surface area (Å²) in [6.45, 7) is 8.00. The smallest absolute Gasteiger partial charge is 0.163 e. The van der Waals surface area contributed by atoms with E-state index < -0.39 is 0 Å². The van der Waals surface area contributed by atoms with Crippen molar-refractivity contribution in [2.75, 3.05) is 30.3 Å². The number of hydrogen-bond donors (Lipinski definition) is 3. The fourth-order valence-corrected chi connectivity index (χ4v) is 4.51. The summed E-state index contributed by atoms with van der Waals surface area (Å²) in [6, 6.07) is 12.9. The zero-order valence-electron chi connectivity index (χ0n) is 20.3. The van der Waals surface area contributed by atoms with Gasteiger partial charge >= 0.3 is 0 Å². The lowest BCUT2D eigenvalue weighted by molar-refractivity contribution is 0.389. The Hall–Kier alpha value is -3.52. The Morgan fingerprint density at radius 3 is 2.66 bits per heavy atom. The Balaban J connectivity index is 1.35. The number of piperidine rings is 1. The van der Waals surface area contributed by atoms with Crippen LogP contribution in [0.15, 0.2) is 54.9 Å². The number of aromatic nitrogens is 4. The molecule has 1 saturated heterocycles.